The molecule has 0 fully saturated rings. The van der Waals surface area contributed by atoms with Crippen molar-refractivity contribution in [3.8, 4) is 0 Å². The van der Waals surface area contributed by atoms with Crippen molar-refractivity contribution in [3.05, 3.63) is 29.8 Å². The third kappa shape index (κ3) is 4.52. The number of nitrogen functional groups attached to an aromatic ring is 1. The summed E-state index contributed by atoms with van der Waals surface area (Å²) in [4.78, 5) is 0. The highest BCUT2D eigenvalue weighted by Gasteiger charge is 2.04. The maximum Gasteiger partial charge on any atom is 0.467 e. The Kier molecular flexibility index (Phi) is 4.82. The van der Waals surface area contributed by atoms with Gasteiger partial charge in [0, 0.05) is 17.9 Å². The van der Waals surface area contributed by atoms with E-state index in [2.05, 4.69) is 4.72 Å². The molecule has 0 spiro atoms. The first kappa shape index (κ1) is 11.4. The van der Waals surface area contributed by atoms with Gasteiger partial charge in [-0.25, -0.2) is 0 Å². The molecule has 14 heavy (non-hydrogen) atoms. The van der Waals surface area contributed by atoms with Gasteiger partial charge < -0.3 is 15.8 Å². The molecule has 1 rings (SSSR count). The molecule has 76 valence electrons. The highest BCUT2D eigenvalue weighted by Crippen LogP contribution is 2.12. The lowest BCUT2D eigenvalue weighted by Crippen LogP contribution is -2.26. The molecule has 0 radical (unpaired) electrons. The van der Waals surface area contributed by atoms with Crippen molar-refractivity contribution in [2.45, 2.75) is 5.75 Å². The Bertz CT molecular complexity index is 286. The normalized spacial score (nSPS) is 10.1. The van der Waals surface area contributed by atoms with Crippen LogP contribution in [0.4, 0.5) is 5.69 Å². The van der Waals surface area contributed by atoms with E-state index < -0.39 is 7.12 Å². The second kappa shape index (κ2) is 5.92. The van der Waals surface area contributed by atoms with Crippen molar-refractivity contribution in [2.75, 3.05) is 12.2 Å². The number of hydrogen-bond acceptors (Lipinski definition) is 5. The molecule has 0 unspecified atom stereocenters. The Balaban J connectivity index is 2.25. The summed E-state index contributed by atoms with van der Waals surface area (Å²) in [6, 6.07) is 7.59. The van der Waals surface area contributed by atoms with E-state index in [0.29, 0.717) is 0 Å². The van der Waals surface area contributed by atoms with Crippen LogP contribution >= 0.6 is 11.9 Å². The zero-order chi connectivity index (χ0) is 10.4. The largest absolute Gasteiger partial charge is 0.467 e. The molecular formula is C8H13BN2O2S. The van der Waals surface area contributed by atoms with Gasteiger partial charge in [-0.1, -0.05) is 24.1 Å². The monoisotopic (exact) mass is 212 g/mol. The van der Waals surface area contributed by atoms with Crippen LogP contribution in [0.3, 0.4) is 0 Å². The predicted octanol–water partition coefficient (Wildman–Crippen LogP) is 0.0186. The molecule has 6 heteroatoms. The molecule has 0 aliphatic rings. The van der Waals surface area contributed by atoms with Crippen molar-refractivity contribution in [2.24, 2.45) is 0 Å². The summed E-state index contributed by atoms with van der Waals surface area (Å²) in [6.07, 6.45) is 0.160. The van der Waals surface area contributed by atoms with Crippen molar-refractivity contribution in [1.29, 1.82) is 0 Å². The molecule has 0 aliphatic carbocycles. The van der Waals surface area contributed by atoms with Gasteiger partial charge >= 0.3 is 7.12 Å². The van der Waals surface area contributed by atoms with Gasteiger partial charge in [0.25, 0.3) is 0 Å². The summed E-state index contributed by atoms with van der Waals surface area (Å²) in [6.45, 7) is 0. The molecule has 0 aromatic heterocycles. The second-order valence-electron chi connectivity index (χ2n) is 2.86. The molecule has 1 aromatic carbocycles. The third-order valence-electron chi connectivity index (χ3n) is 1.56. The van der Waals surface area contributed by atoms with Crippen LogP contribution < -0.4 is 10.5 Å². The van der Waals surface area contributed by atoms with E-state index in [9.17, 15) is 0 Å². The van der Waals surface area contributed by atoms with Gasteiger partial charge in [-0.05, 0) is 17.7 Å². The average molecular weight is 212 g/mol. The lowest BCUT2D eigenvalue weighted by Gasteiger charge is -2.03. The minimum Gasteiger partial charge on any atom is -0.426 e. The van der Waals surface area contributed by atoms with Crippen molar-refractivity contribution >= 4 is 24.8 Å². The summed E-state index contributed by atoms with van der Waals surface area (Å²) in [5.74, 6) is 0.748. The van der Waals surface area contributed by atoms with E-state index in [1.807, 2.05) is 24.3 Å². The van der Waals surface area contributed by atoms with Gasteiger partial charge in [0.15, 0.2) is 0 Å². The summed E-state index contributed by atoms with van der Waals surface area (Å²) >= 11 is 1.42. The van der Waals surface area contributed by atoms with Crippen LogP contribution in [0.15, 0.2) is 24.3 Å². The molecule has 0 amide bonds. The quantitative estimate of drug-likeness (QED) is 0.239. The van der Waals surface area contributed by atoms with Gasteiger partial charge in [0.2, 0.25) is 0 Å². The summed E-state index contributed by atoms with van der Waals surface area (Å²) in [5.41, 5.74) is 7.45. The number of rotatable bonds is 5. The highest BCUT2D eigenvalue weighted by molar-refractivity contribution is 7.96. The van der Waals surface area contributed by atoms with Crippen LogP contribution in [0.25, 0.3) is 0 Å². The minimum absolute atomic E-state index is 0.160. The zero-order valence-electron chi connectivity index (χ0n) is 7.68. The number of hydrogen-bond donors (Lipinski definition) is 4. The molecule has 1 aromatic rings. The summed E-state index contributed by atoms with van der Waals surface area (Å²) in [5, 5.41) is 17.1. The van der Waals surface area contributed by atoms with Crippen LogP contribution in [0.1, 0.15) is 5.56 Å². The van der Waals surface area contributed by atoms with Crippen LogP contribution in [0.5, 0.6) is 0 Å². The Morgan fingerprint density at radius 1 is 1.43 bits per heavy atom. The van der Waals surface area contributed by atoms with Crippen molar-refractivity contribution in [3.63, 3.8) is 0 Å². The van der Waals surface area contributed by atoms with E-state index in [1.165, 1.54) is 11.9 Å². The fraction of sp³-hybridized carbons (Fsp3) is 0.250. The topological polar surface area (TPSA) is 78.5 Å². The lowest BCUT2D eigenvalue weighted by atomic mass is 9.94. The fourth-order valence-corrected chi connectivity index (χ4v) is 1.67. The second-order valence-corrected chi connectivity index (χ2v) is 3.73. The maximum atomic E-state index is 8.55. The number of benzene rings is 1. The van der Waals surface area contributed by atoms with E-state index >= 15 is 0 Å². The van der Waals surface area contributed by atoms with E-state index in [-0.39, 0.29) is 6.44 Å². The van der Waals surface area contributed by atoms with Gasteiger partial charge in [0.05, 0.1) is 0 Å². The number of nitrogens with one attached hydrogen (secondary N) is 1. The predicted molar refractivity (Wildman–Crippen MR) is 60.3 cm³/mol. The molecule has 4 nitrogen and oxygen atoms in total. The first-order valence-corrected chi connectivity index (χ1v) is 5.22. The Hall–Kier alpha value is -0.685. The van der Waals surface area contributed by atoms with Gasteiger partial charge in [-0.3, -0.25) is 4.72 Å². The van der Waals surface area contributed by atoms with Crippen LogP contribution in [-0.2, 0) is 5.75 Å². The Morgan fingerprint density at radius 3 is 2.86 bits per heavy atom. The number of anilines is 1. The first-order valence-electron chi connectivity index (χ1n) is 4.23. The Labute approximate surface area is 87.8 Å². The molecule has 0 saturated heterocycles. The summed E-state index contributed by atoms with van der Waals surface area (Å²) < 4.78 is 2.83. The molecule has 5 N–H and O–H groups in total. The lowest BCUT2D eigenvalue weighted by molar-refractivity contribution is 0.406. The van der Waals surface area contributed by atoms with Gasteiger partial charge in [-0.15, -0.1) is 0 Å². The molecule has 0 aliphatic heterocycles. The molecule has 0 saturated carbocycles. The van der Waals surface area contributed by atoms with E-state index in [4.69, 9.17) is 15.8 Å². The van der Waals surface area contributed by atoms with Crippen molar-refractivity contribution in [1.82, 2.24) is 4.72 Å². The van der Waals surface area contributed by atoms with Gasteiger partial charge in [0.1, 0.15) is 0 Å². The average Bonchev–Trinajstić information content (AvgIpc) is 2.12. The molecule has 0 bridgehead atoms. The first-order chi connectivity index (χ1) is 6.68. The van der Waals surface area contributed by atoms with Crippen LogP contribution in [0.2, 0.25) is 0 Å². The standard InChI is InChI=1S/C8H13BN2O2S/c10-8-3-1-2-7(4-8)5-14-11-6-9(12)13/h1-4,11-13H,5-6,10H2. The smallest absolute Gasteiger partial charge is 0.426 e. The fourth-order valence-electron chi connectivity index (χ4n) is 0.951. The van der Waals surface area contributed by atoms with Crippen LogP contribution in [-0.4, -0.2) is 23.6 Å². The maximum absolute atomic E-state index is 8.55. The third-order valence-corrected chi connectivity index (χ3v) is 2.41. The molecular weight excluding hydrogens is 199 g/mol. The van der Waals surface area contributed by atoms with E-state index in [1.54, 1.807) is 0 Å². The minimum atomic E-state index is -1.30. The van der Waals surface area contributed by atoms with Gasteiger partial charge in [-0.2, -0.15) is 0 Å². The Morgan fingerprint density at radius 2 is 2.21 bits per heavy atom. The zero-order valence-corrected chi connectivity index (χ0v) is 8.50. The SMILES string of the molecule is Nc1cccc(CSNCB(O)O)c1. The molecule has 0 atom stereocenters. The van der Waals surface area contributed by atoms with E-state index in [0.717, 1.165) is 17.0 Å². The molecule has 0 heterocycles. The number of nitrogens with two attached hydrogens (primary N) is 1. The highest BCUT2D eigenvalue weighted by atomic mass is 32.2. The van der Waals surface area contributed by atoms with Crippen molar-refractivity contribution < 1.29 is 10.0 Å². The van der Waals surface area contributed by atoms with Crippen LogP contribution in [0, 0.1) is 0 Å². The summed E-state index contributed by atoms with van der Waals surface area (Å²) in [7, 11) is -1.30.